The first kappa shape index (κ1) is 23.7. The van der Waals surface area contributed by atoms with Crippen molar-refractivity contribution in [3.05, 3.63) is 57.9 Å². The third-order valence-corrected chi connectivity index (χ3v) is 6.53. The minimum Gasteiger partial charge on any atom is -0.333 e. The summed E-state index contributed by atoms with van der Waals surface area (Å²) >= 11 is 5.78. The highest BCUT2D eigenvalue weighted by Crippen LogP contribution is 2.29. The average molecular weight is 486 g/mol. The molecule has 2 amide bonds. The molecule has 3 atom stereocenters. The second kappa shape index (κ2) is 9.42. The van der Waals surface area contributed by atoms with Crippen molar-refractivity contribution in [1.29, 1.82) is 0 Å². The van der Waals surface area contributed by atoms with Crippen molar-refractivity contribution < 1.29 is 22.4 Å². The first-order valence-electron chi connectivity index (χ1n) is 10.7. The number of urea groups is 1. The Hall–Kier alpha value is -2.46. The van der Waals surface area contributed by atoms with Crippen LogP contribution in [0.25, 0.3) is 0 Å². The van der Waals surface area contributed by atoms with Crippen molar-refractivity contribution in [2.45, 2.75) is 44.4 Å². The highest BCUT2D eigenvalue weighted by Gasteiger charge is 2.37. The fourth-order valence-corrected chi connectivity index (χ4v) is 4.30. The Labute approximate surface area is 193 Å². The van der Waals surface area contributed by atoms with Crippen LogP contribution < -0.4 is 10.6 Å². The normalized spacial score (nSPS) is 21.6. The SMILES string of the molecule is C[C@@H](Cc1ncc2c(n1)CN(C(=O)N[C@@H]1CNC[C@H]1c1ccc(Cl)c(F)c1)CC2)C(F)(F)F. The van der Waals surface area contributed by atoms with Crippen LogP contribution in [0.15, 0.2) is 24.4 Å². The number of nitrogens with one attached hydrogen (secondary N) is 2. The molecule has 3 heterocycles. The van der Waals surface area contributed by atoms with Crippen LogP contribution >= 0.6 is 11.6 Å². The number of fused-ring (bicyclic) bond motifs is 1. The monoisotopic (exact) mass is 485 g/mol. The standard InChI is InChI=1S/C22H24ClF4N5O/c1-12(22(25,26)27)6-20-29-8-14-4-5-32(11-19(14)30-20)21(33)31-18-10-28-9-15(18)13-2-3-16(23)17(24)7-13/h2-3,7-8,12,15,18,28H,4-6,9-11H2,1H3,(H,31,33)/t12-,15-,18+/m0/s1. The number of rotatable bonds is 4. The molecule has 178 valence electrons. The molecule has 2 aliphatic rings. The van der Waals surface area contributed by atoms with Gasteiger partial charge in [0.05, 0.1) is 29.2 Å². The van der Waals surface area contributed by atoms with Gasteiger partial charge in [0.15, 0.2) is 0 Å². The van der Waals surface area contributed by atoms with E-state index in [0.29, 0.717) is 31.7 Å². The molecule has 0 radical (unpaired) electrons. The van der Waals surface area contributed by atoms with Crippen LogP contribution in [0.5, 0.6) is 0 Å². The van der Waals surface area contributed by atoms with E-state index in [1.165, 1.54) is 12.1 Å². The Morgan fingerprint density at radius 1 is 1.36 bits per heavy atom. The van der Waals surface area contributed by atoms with E-state index < -0.39 is 17.9 Å². The molecule has 0 aliphatic carbocycles. The summed E-state index contributed by atoms with van der Waals surface area (Å²) in [6.07, 6.45) is -2.55. The fourth-order valence-electron chi connectivity index (χ4n) is 4.18. The lowest BCUT2D eigenvalue weighted by Gasteiger charge is -2.30. The van der Waals surface area contributed by atoms with Crippen LogP contribution in [0, 0.1) is 11.7 Å². The predicted octanol–water partition coefficient (Wildman–Crippen LogP) is 3.83. The van der Waals surface area contributed by atoms with Gasteiger partial charge in [0, 0.05) is 38.2 Å². The predicted molar refractivity (Wildman–Crippen MR) is 114 cm³/mol. The highest BCUT2D eigenvalue weighted by atomic mass is 35.5. The van der Waals surface area contributed by atoms with Gasteiger partial charge in [0.1, 0.15) is 11.6 Å². The van der Waals surface area contributed by atoms with Gasteiger partial charge in [0.25, 0.3) is 0 Å². The van der Waals surface area contributed by atoms with Crippen LogP contribution in [-0.2, 0) is 19.4 Å². The third-order valence-electron chi connectivity index (χ3n) is 6.23. The Balaban J connectivity index is 1.42. The summed E-state index contributed by atoms with van der Waals surface area (Å²) < 4.78 is 52.6. The van der Waals surface area contributed by atoms with Crippen molar-refractivity contribution in [2.75, 3.05) is 19.6 Å². The fraction of sp³-hybridized carbons (Fsp3) is 0.500. The van der Waals surface area contributed by atoms with Gasteiger partial charge in [-0.15, -0.1) is 0 Å². The third kappa shape index (κ3) is 5.38. The van der Waals surface area contributed by atoms with Gasteiger partial charge < -0.3 is 15.5 Å². The van der Waals surface area contributed by atoms with Crippen LogP contribution in [0.4, 0.5) is 22.4 Å². The van der Waals surface area contributed by atoms with Gasteiger partial charge >= 0.3 is 12.2 Å². The largest absolute Gasteiger partial charge is 0.391 e. The zero-order chi connectivity index (χ0) is 23.8. The number of nitrogens with zero attached hydrogens (tertiary/aromatic N) is 3. The van der Waals surface area contributed by atoms with Gasteiger partial charge in [-0.3, -0.25) is 0 Å². The van der Waals surface area contributed by atoms with E-state index in [1.807, 2.05) is 0 Å². The Kier molecular flexibility index (Phi) is 6.76. The summed E-state index contributed by atoms with van der Waals surface area (Å²) in [6, 6.07) is 4.10. The number of carbonyl (C=O) groups excluding carboxylic acids is 1. The maximum Gasteiger partial charge on any atom is 0.391 e. The van der Waals surface area contributed by atoms with Gasteiger partial charge in [-0.05, 0) is 29.7 Å². The first-order valence-corrected chi connectivity index (χ1v) is 11.1. The molecule has 11 heteroatoms. The number of amides is 2. The maximum absolute atomic E-state index is 13.9. The lowest BCUT2D eigenvalue weighted by Crippen LogP contribution is -2.49. The Morgan fingerprint density at radius 3 is 2.88 bits per heavy atom. The van der Waals surface area contributed by atoms with Crippen molar-refractivity contribution in [2.24, 2.45) is 5.92 Å². The van der Waals surface area contributed by atoms with Crippen LogP contribution in [0.1, 0.15) is 35.5 Å². The highest BCUT2D eigenvalue weighted by molar-refractivity contribution is 6.30. The molecule has 4 rings (SSSR count). The van der Waals surface area contributed by atoms with Gasteiger partial charge in [-0.1, -0.05) is 24.6 Å². The van der Waals surface area contributed by atoms with Gasteiger partial charge in [0.2, 0.25) is 0 Å². The molecule has 0 spiro atoms. The van der Waals surface area contributed by atoms with Crippen LogP contribution in [0.3, 0.4) is 0 Å². The number of halogens is 5. The molecule has 1 saturated heterocycles. The molecular weight excluding hydrogens is 462 g/mol. The molecule has 1 fully saturated rings. The summed E-state index contributed by atoms with van der Waals surface area (Å²) in [4.78, 5) is 22.9. The second-order valence-electron chi connectivity index (χ2n) is 8.57. The van der Waals surface area contributed by atoms with Crippen molar-refractivity contribution in [3.63, 3.8) is 0 Å². The summed E-state index contributed by atoms with van der Waals surface area (Å²) in [7, 11) is 0. The van der Waals surface area contributed by atoms with E-state index in [4.69, 9.17) is 11.6 Å². The first-order chi connectivity index (χ1) is 15.6. The summed E-state index contributed by atoms with van der Waals surface area (Å²) in [6.45, 7) is 2.86. The van der Waals surface area contributed by atoms with Crippen LogP contribution in [0.2, 0.25) is 5.02 Å². The molecule has 2 aliphatic heterocycles. The molecule has 2 N–H and O–H groups in total. The van der Waals surface area contributed by atoms with Gasteiger partial charge in [-0.25, -0.2) is 19.2 Å². The topological polar surface area (TPSA) is 70.2 Å². The molecule has 33 heavy (non-hydrogen) atoms. The van der Waals surface area contributed by atoms with E-state index in [9.17, 15) is 22.4 Å². The van der Waals surface area contributed by atoms with Crippen molar-refractivity contribution >= 4 is 17.6 Å². The van der Waals surface area contributed by atoms with Crippen molar-refractivity contribution in [1.82, 2.24) is 25.5 Å². The minimum atomic E-state index is -4.32. The smallest absolute Gasteiger partial charge is 0.333 e. The molecule has 0 bridgehead atoms. The maximum atomic E-state index is 13.9. The zero-order valence-electron chi connectivity index (χ0n) is 17.9. The number of carbonyl (C=O) groups is 1. The lowest BCUT2D eigenvalue weighted by atomic mass is 9.94. The van der Waals surface area contributed by atoms with E-state index in [2.05, 4.69) is 20.6 Å². The van der Waals surface area contributed by atoms with E-state index in [0.717, 1.165) is 18.1 Å². The van der Waals surface area contributed by atoms with Crippen LogP contribution in [-0.4, -0.2) is 52.8 Å². The number of aromatic nitrogens is 2. The molecule has 0 unspecified atom stereocenters. The Morgan fingerprint density at radius 2 is 2.15 bits per heavy atom. The average Bonchev–Trinajstić information content (AvgIpc) is 3.22. The lowest BCUT2D eigenvalue weighted by molar-refractivity contribution is -0.169. The van der Waals surface area contributed by atoms with Gasteiger partial charge in [-0.2, -0.15) is 13.2 Å². The number of hydrogen-bond acceptors (Lipinski definition) is 4. The van der Waals surface area contributed by atoms with E-state index >= 15 is 0 Å². The zero-order valence-corrected chi connectivity index (χ0v) is 18.7. The molecule has 0 saturated carbocycles. The summed E-state index contributed by atoms with van der Waals surface area (Å²) in [5.74, 6) is -2.06. The summed E-state index contributed by atoms with van der Waals surface area (Å²) in [5.41, 5.74) is 2.14. The number of hydrogen-bond donors (Lipinski definition) is 2. The van der Waals surface area contributed by atoms with Crippen molar-refractivity contribution in [3.8, 4) is 0 Å². The molecular formula is C22H24ClF4N5O. The quantitative estimate of drug-likeness (QED) is 0.646. The second-order valence-corrected chi connectivity index (χ2v) is 8.98. The minimum absolute atomic E-state index is 0.0447. The molecule has 1 aromatic carbocycles. The number of benzene rings is 1. The van der Waals surface area contributed by atoms with E-state index in [1.54, 1.807) is 17.2 Å². The number of alkyl halides is 3. The summed E-state index contributed by atoms with van der Waals surface area (Å²) in [5, 5.41) is 6.27. The molecule has 1 aromatic heterocycles. The molecule has 2 aromatic rings. The van der Waals surface area contributed by atoms with E-state index in [-0.39, 0.29) is 41.8 Å². The Bertz CT molecular complexity index is 1030. The molecule has 6 nitrogen and oxygen atoms in total.